The summed E-state index contributed by atoms with van der Waals surface area (Å²) in [6.07, 6.45) is 15.4. The van der Waals surface area contributed by atoms with E-state index in [0.717, 1.165) is 17.8 Å². The molecule has 0 bridgehead atoms. The van der Waals surface area contributed by atoms with Gasteiger partial charge in [-0.05, 0) is 75.0 Å². The average molecular weight is 306 g/mol. The fourth-order valence-electron chi connectivity index (χ4n) is 4.80. The highest BCUT2D eigenvalue weighted by atomic mass is 16.5. The number of carbonyl (C=O) groups excluding carboxylic acids is 1. The van der Waals surface area contributed by atoms with Gasteiger partial charge in [-0.15, -0.1) is 6.58 Å². The Balaban J connectivity index is 1.71. The minimum atomic E-state index is -0.0221. The predicted molar refractivity (Wildman–Crippen MR) is 91.5 cm³/mol. The summed E-state index contributed by atoms with van der Waals surface area (Å²) in [6.45, 7) is 5.88. The molecular weight excluding hydrogens is 272 g/mol. The standard InChI is InChI=1S/C20H34O2/c1-4-5-6-16-7-9-18(10-8-16)19-13-11-17(12-14-19)15(2)20(21)22-3/h4,15-19H,1,5-14H2,2-3H3. The van der Waals surface area contributed by atoms with Crippen LogP contribution in [0.4, 0.5) is 0 Å². The van der Waals surface area contributed by atoms with Crippen molar-refractivity contribution < 1.29 is 9.53 Å². The quantitative estimate of drug-likeness (QED) is 0.487. The molecule has 0 aromatic rings. The van der Waals surface area contributed by atoms with Gasteiger partial charge in [0.05, 0.1) is 13.0 Å². The van der Waals surface area contributed by atoms with Gasteiger partial charge in [0.25, 0.3) is 0 Å². The summed E-state index contributed by atoms with van der Waals surface area (Å²) in [6, 6.07) is 0. The summed E-state index contributed by atoms with van der Waals surface area (Å²) < 4.78 is 4.91. The molecule has 0 radical (unpaired) electrons. The molecule has 1 unspecified atom stereocenters. The molecule has 2 saturated carbocycles. The van der Waals surface area contributed by atoms with E-state index in [4.69, 9.17) is 4.74 Å². The number of rotatable bonds is 6. The van der Waals surface area contributed by atoms with Crippen molar-refractivity contribution in [1.29, 1.82) is 0 Å². The summed E-state index contributed by atoms with van der Waals surface area (Å²) in [7, 11) is 1.51. The second-order valence-electron chi connectivity index (χ2n) is 7.63. The Kier molecular flexibility index (Phi) is 6.98. The third kappa shape index (κ3) is 4.60. The van der Waals surface area contributed by atoms with Crippen molar-refractivity contribution in [3.8, 4) is 0 Å². The van der Waals surface area contributed by atoms with E-state index in [1.165, 1.54) is 71.3 Å². The Hall–Kier alpha value is -0.790. The van der Waals surface area contributed by atoms with Crippen molar-refractivity contribution in [3.05, 3.63) is 12.7 Å². The Morgan fingerprint density at radius 3 is 2.14 bits per heavy atom. The molecule has 2 fully saturated rings. The van der Waals surface area contributed by atoms with Crippen LogP contribution in [-0.4, -0.2) is 13.1 Å². The minimum Gasteiger partial charge on any atom is -0.469 e. The Bertz CT molecular complexity index is 347. The van der Waals surface area contributed by atoms with Crippen LogP contribution in [0.5, 0.6) is 0 Å². The van der Waals surface area contributed by atoms with E-state index >= 15 is 0 Å². The molecule has 0 aromatic heterocycles. The fraction of sp³-hybridized carbons (Fsp3) is 0.850. The third-order valence-electron chi connectivity index (χ3n) is 6.43. The zero-order chi connectivity index (χ0) is 15.9. The first-order valence-corrected chi connectivity index (χ1v) is 9.34. The van der Waals surface area contributed by atoms with E-state index in [9.17, 15) is 4.79 Å². The maximum Gasteiger partial charge on any atom is 0.308 e. The zero-order valence-electron chi connectivity index (χ0n) is 14.6. The summed E-state index contributed by atoms with van der Waals surface area (Å²) in [5.74, 6) is 3.43. The van der Waals surface area contributed by atoms with E-state index in [1.807, 2.05) is 6.92 Å². The van der Waals surface area contributed by atoms with Crippen LogP contribution in [-0.2, 0) is 9.53 Å². The van der Waals surface area contributed by atoms with Crippen molar-refractivity contribution in [2.45, 2.75) is 71.1 Å². The summed E-state index contributed by atoms with van der Waals surface area (Å²) >= 11 is 0. The highest BCUT2D eigenvalue weighted by molar-refractivity contribution is 5.72. The molecule has 0 heterocycles. The molecule has 0 aromatic carbocycles. The molecule has 0 saturated heterocycles. The van der Waals surface area contributed by atoms with E-state index in [0.29, 0.717) is 5.92 Å². The SMILES string of the molecule is C=CCCC1CCC(C2CCC(C(C)C(=O)OC)CC2)CC1. The van der Waals surface area contributed by atoms with Gasteiger partial charge >= 0.3 is 5.97 Å². The van der Waals surface area contributed by atoms with Gasteiger partial charge in [0.1, 0.15) is 0 Å². The van der Waals surface area contributed by atoms with Gasteiger partial charge in [0, 0.05) is 0 Å². The van der Waals surface area contributed by atoms with E-state index in [2.05, 4.69) is 12.7 Å². The van der Waals surface area contributed by atoms with E-state index < -0.39 is 0 Å². The third-order valence-corrected chi connectivity index (χ3v) is 6.43. The molecule has 0 aliphatic heterocycles. The Morgan fingerprint density at radius 1 is 1.09 bits per heavy atom. The number of ether oxygens (including phenoxy) is 1. The normalized spacial score (nSPS) is 33.9. The van der Waals surface area contributed by atoms with Gasteiger partial charge in [0.15, 0.2) is 0 Å². The molecule has 2 nitrogen and oxygen atoms in total. The van der Waals surface area contributed by atoms with Crippen LogP contribution >= 0.6 is 0 Å². The maximum atomic E-state index is 11.7. The lowest BCUT2D eigenvalue weighted by Gasteiger charge is -2.38. The predicted octanol–water partition coefficient (Wildman–Crippen LogP) is 5.37. The van der Waals surface area contributed by atoms with Crippen LogP contribution in [0.1, 0.15) is 71.1 Å². The molecule has 2 aliphatic rings. The number of hydrogen-bond acceptors (Lipinski definition) is 2. The molecule has 2 aliphatic carbocycles. The largest absolute Gasteiger partial charge is 0.469 e. The minimum absolute atomic E-state index is 0.0221. The van der Waals surface area contributed by atoms with Crippen LogP contribution < -0.4 is 0 Å². The summed E-state index contributed by atoms with van der Waals surface area (Å²) in [4.78, 5) is 11.7. The Labute approximate surface area is 136 Å². The molecule has 2 rings (SSSR count). The first-order valence-electron chi connectivity index (χ1n) is 9.34. The molecule has 126 valence electrons. The van der Waals surface area contributed by atoms with Crippen LogP contribution in [0.15, 0.2) is 12.7 Å². The van der Waals surface area contributed by atoms with Gasteiger partial charge in [-0.1, -0.05) is 25.8 Å². The van der Waals surface area contributed by atoms with Gasteiger partial charge in [0.2, 0.25) is 0 Å². The van der Waals surface area contributed by atoms with Crippen LogP contribution in [0, 0.1) is 29.6 Å². The van der Waals surface area contributed by atoms with Crippen molar-refractivity contribution in [3.63, 3.8) is 0 Å². The molecule has 0 amide bonds. The lowest BCUT2D eigenvalue weighted by molar-refractivity contribution is -0.147. The smallest absolute Gasteiger partial charge is 0.308 e. The lowest BCUT2D eigenvalue weighted by Crippen LogP contribution is -2.30. The molecule has 2 heteroatoms. The van der Waals surface area contributed by atoms with Crippen LogP contribution in [0.3, 0.4) is 0 Å². The molecule has 0 spiro atoms. The highest BCUT2D eigenvalue weighted by Crippen LogP contribution is 2.43. The van der Waals surface area contributed by atoms with Gasteiger partial charge in [-0.3, -0.25) is 4.79 Å². The van der Waals surface area contributed by atoms with Gasteiger partial charge in [-0.25, -0.2) is 0 Å². The van der Waals surface area contributed by atoms with Crippen molar-refractivity contribution >= 4 is 5.97 Å². The average Bonchev–Trinajstić information content (AvgIpc) is 2.59. The fourth-order valence-corrected chi connectivity index (χ4v) is 4.80. The number of hydrogen-bond donors (Lipinski definition) is 0. The number of carbonyl (C=O) groups is 1. The molecular formula is C20H34O2. The van der Waals surface area contributed by atoms with Crippen molar-refractivity contribution in [2.75, 3.05) is 7.11 Å². The monoisotopic (exact) mass is 306 g/mol. The molecule has 1 atom stereocenters. The first kappa shape index (κ1) is 17.6. The molecule has 22 heavy (non-hydrogen) atoms. The summed E-state index contributed by atoms with van der Waals surface area (Å²) in [5.41, 5.74) is 0. The Morgan fingerprint density at radius 2 is 1.64 bits per heavy atom. The van der Waals surface area contributed by atoms with Gasteiger partial charge in [-0.2, -0.15) is 0 Å². The van der Waals surface area contributed by atoms with Crippen molar-refractivity contribution in [1.82, 2.24) is 0 Å². The zero-order valence-corrected chi connectivity index (χ0v) is 14.6. The topological polar surface area (TPSA) is 26.3 Å². The first-order chi connectivity index (χ1) is 10.7. The van der Waals surface area contributed by atoms with E-state index in [-0.39, 0.29) is 11.9 Å². The van der Waals surface area contributed by atoms with Crippen LogP contribution in [0.25, 0.3) is 0 Å². The second-order valence-corrected chi connectivity index (χ2v) is 7.63. The lowest BCUT2D eigenvalue weighted by atomic mass is 9.67. The number of esters is 1. The second kappa shape index (κ2) is 8.74. The summed E-state index contributed by atoms with van der Waals surface area (Å²) in [5, 5.41) is 0. The van der Waals surface area contributed by atoms with Crippen LogP contribution in [0.2, 0.25) is 0 Å². The van der Waals surface area contributed by atoms with E-state index in [1.54, 1.807) is 0 Å². The molecule has 0 N–H and O–H groups in total. The highest BCUT2D eigenvalue weighted by Gasteiger charge is 2.34. The van der Waals surface area contributed by atoms with Gasteiger partial charge < -0.3 is 4.74 Å². The maximum absolute atomic E-state index is 11.7. The number of methoxy groups -OCH3 is 1. The number of allylic oxidation sites excluding steroid dienone is 1. The van der Waals surface area contributed by atoms with Crippen molar-refractivity contribution in [2.24, 2.45) is 29.6 Å².